The third kappa shape index (κ3) is 2.25. The van der Waals surface area contributed by atoms with E-state index < -0.39 is 11.2 Å². The number of fused-ring (bicyclic) bond motifs is 2. The van der Waals surface area contributed by atoms with Gasteiger partial charge in [-0.15, -0.1) is 0 Å². The Morgan fingerprint density at radius 2 is 1.91 bits per heavy atom. The number of nitrogens with zero attached hydrogens (tertiary/aromatic N) is 1. The molecule has 5 aliphatic carbocycles. The molecule has 1 aromatic rings. The van der Waals surface area contributed by atoms with E-state index in [0.29, 0.717) is 11.8 Å². The summed E-state index contributed by atoms with van der Waals surface area (Å²) in [6.07, 6.45) is 7.64. The lowest BCUT2D eigenvalue weighted by molar-refractivity contribution is -0.312. The number of phenolic OH excluding ortho intramolecular Hbond substituents is 1. The molecule has 0 amide bonds. The van der Waals surface area contributed by atoms with Crippen molar-refractivity contribution in [2.45, 2.75) is 101 Å². The van der Waals surface area contributed by atoms with Crippen LogP contribution in [0, 0.1) is 22.7 Å². The maximum Gasteiger partial charge on any atom is 0.165 e. The molecule has 2 heterocycles. The minimum atomic E-state index is -0.909. The van der Waals surface area contributed by atoms with Crippen molar-refractivity contribution in [3.8, 4) is 11.5 Å². The van der Waals surface area contributed by atoms with Crippen molar-refractivity contribution in [3.63, 3.8) is 0 Å². The van der Waals surface area contributed by atoms with Crippen LogP contribution in [0.2, 0.25) is 0 Å². The summed E-state index contributed by atoms with van der Waals surface area (Å²) in [6, 6.07) is 4.46. The monoisotopic (exact) mass is 467 g/mol. The number of benzene rings is 1. The number of rotatable bonds is 4. The smallest absolute Gasteiger partial charge is 0.165 e. The van der Waals surface area contributed by atoms with Crippen LogP contribution in [0.25, 0.3) is 0 Å². The van der Waals surface area contributed by atoms with E-state index in [1.165, 1.54) is 30.5 Å². The van der Waals surface area contributed by atoms with E-state index in [2.05, 4.69) is 31.7 Å². The summed E-state index contributed by atoms with van der Waals surface area (Å²) in [4.78, 5) is 2.82. The second-order valence-corrected chi connectivity index (χ2v) is 13.8. The van der Waals surface area contributed by atoms with Gasteiger partial charge >= 0.3 is 0 Å². The van der Waals surface area contributed by atoms with Gasteiger partial charge < -0.3 is 19.7 Å². The molecule has 8 rings (SSSR count). The fraction of sp³-hybridized carbons (Fsp3) is 0.793. The van der Waals surface area contributed by atoms with Crippen LogP contribution in [0.15, 0.2) is 12.1 Å². The predicted molar refractivity (Wildman–Crippen MR) is 130 cm³/mol. The molecular formula is C29H41NO4. The van der Waals surface area contributed by atoms with Crippen molar-refractivity contribution in [1.29, 1.82) is 0 Å². The topological polar surface area (TPSA) is 62.2 Å². The van der Waals surface area contributed by atoms with Crippen LogP contribution < -0.4 is 4.74 Å². The van der Waals surface area contributed by atoms with Gasteiger partial charge in [-0.1, -0.05) is 26.8 Å². The minimum absolute atomic E-state index is 0.0294. The number of phenols is 1. The number of piperidine rings is 1. The molecule has 2 aliphatic heterocycles. The Morgan fingerprint density at radius 1 is 1.15 bits per heavy atom. The highest BCUT2D eigenvalue weighted by atomic mass is 16.6. The molecule has 7 atom stereocenters. The van der Waals surface area contributed by atoms with Gasteiger partial charge in [-0.2, -0.15) is 0 Å². The maximum atomic E-state index is 12.2. The first-order valence-electron chi connectivity index (χ1n) is 13.6. The van der Waals surface area contributed by atoms with Crippen LogP contribution in [-0.4, -0.2) is 58.7 Å². The summed E-state index contributed by atoms with van der Waals surface area (Å²) in [6.45, 7) is 10.8. The summed E-state index contributed by atoms with van der Waals surface area (Å²) >= 11 is 0. The van der Waals surface area contributed by atoms with E-state index in [1.54, 1.807) is 0 Å². The lowest BCUT2D eigenvalue weighted by Gasteiger charge is -2.75. The summed E-state index contributed by atoms with van der Waals surface area (Å²) in [7, 11) is 1.83. The van der Waals surface area contributed by atoms with E-state index >= 15 is 0 Å². The molecule has 1 unspecified atom stereocenters. The molecule has 0 aromatic heterocycles. The molecule has 34 heavy (non-hydrogen) atoms. The molecule has 7 aliphatic rings. The number of ether oxygens (including phenoxy) is 2. The Bertz CT molecular complexity index is 1060. The predicted octanol–water partition coefficient (Wildman–Crippen LogP) is 4.41. The molecule has 1 saturated heterocycles. The van der Waals surface area contributed by atoms with Gasteiger partial charge in [-0.3, -0.25) is 4.90 Å². The van der Waals surface area contributed by atoms with Gasteiger partial charge in [-0.25, -0.2) is 0 Å². The molecule has 5 heteroatoms. The van der Waals surface area contributed by atoms with Crippen molar-refractivity contribution < 1.29 is 19.7 Å². The van der Waals surface area contributed by atoms with Crippen molar-refractivity contribution in [3.05, 3.63) is 23.3 Å². The van der Waals surface area contributed by atoms with Gasteiger partial charge in [-0.05, 0) is 81.4 Å². The normalized spacial score (nSPS) is 43.9. The van der Waals surface area contributed by atoms with Crippen LogP contribution in [0.5, 0.6) is 11.5 Å². The molecule has 4 saturated carbocycles. The number of aliphatic hydroxyl groups is 1. The van der Waals surface area contributed by atoms with Crippen LogP contribution in [0.3, 0.4) is 0 Å². The summed E-state index contributed by atoms with van der Waals surface area (Å²) in [5.41, 5.74) is 0.783. The average molecular weight is 468 g/mol. The van der Waals surface area contributed by atoms with Crippen LogP contribution in [-0.2, 0) is 16.6 Å². The fourth-order valence-corrected chi connectivity index (χ4v) is 9.58. The third-order valence-corrected chi connectivity index (χ3v) is 11.9. The second kappa shape index (κ2) is 6.33. The number of hydrogen-bond acceptors (Lipinski definition) is 5. The highest BCUT2D eigenvalue weighted by Gasteiger charge is 2.82. The number of methoxy groups -OCH3 is 1. The van der Waals surface area contributed by atoms with Crippen LogP contribution in [0.1, 0.15) is 77.3 Å². The summed E-state index contributed by atoms with van der Waals surface area (Å²) in [5, 5.41) is 23.2. The first-order chi connectivity index (χ1) is 16.0. The Labute approximate surface area is 203 Å². The standard InChI is InChI=1S/C29H41NO4/c1-25(2,3)26(4,32)20-15-27-10-11-29(20,33-5)24-28(27)12-13-30(16-17-6-7-17)21(27)14-18-8-9-19(31)23(34-24)22(18)28/h8-9,17,20-21,24,31-32H,6-7,10-16H2,1-5H3/t20-,21-,24-,26?,27-,28+,29+/m1/s1. The Hall–Kier alpha value is -1.30. The zero-order chi connectivity index (χ0) is 23.9. The zero-order valence-electron chi connectivity index (χ0n) is 21.5. The number of aromatic hydroxyl groups is 1. The average Bonchev–Trinajstić information content (AvgIpc) is 3.53. The third-order valence-electron chi connectivity index (χ3n) is 11.9. The van der Waals surface area contributed by atoms with E-state index in [0.717, 1.165) is 44.6 Å². The maximum absolute atomic E-state index is 12.2. The lowest BCUT2D eigenvalue weighted by Crippen LogP contribution is -2.83. The Kier molecular flexibility index (Phi) is 4.08. The molecule has 2 spiro atoms. The van der Waals surface area contributed by atoms with Crippen molar-refractivity contribution in [1.82, 2.24) is 4.90 Å². The number of hydrogen-bond donors (Lipinski definition) is 2. The zero-order valence-corrected chi connectivity index (χ0v) is 21.5. The van der Waals surface area contributed by atoms with E-state index in [4.69, 9.17) is 9.47 Å². The van der Waals surface area contributed by atoms with E-state index in [1.807, 2.05) is 20.1 Å². The van der Waals surface area contributed by atoms with Gasteiger partial charge in [0.1, 0.15) is 11.7 Å². The number of likely N-dealkylation sites (tertiary alicyclic amines) is 1. The molecule has 5 nitrogen and oxygen atoms in total. The first-order valence-corrected chi connectivity index (χ1v) is 13.6. The molecule has 0 radical (unpaired) electrons. The Balaban J connectivity index is 1.47. The van der Waals surface area contributed by atoms with Gasteiger partial charge in [0.25, 0.3) is 0 Å². The van der Waals surface area contributed by atoms with Gasteiger partial charge in [0.2, 0.25) is 0 Å². The largest absolute Gasteiger partial charge is 0.504 e. The SMILES string of the molecule is CO[C@@]12CC[C@@]3(C[C@@H]1C(C)(O)C(C)(C)C)[C@H]1Cc4ccc(O)c5c4[C@@]3(CCN1CC1CC1)[C@H]2O5. The summed E-state index contributed by atoms with van der Waals surface area (Å²) in [5.74, 6) is 1.80. The molecule has 1 aromatic carbocycles. The minimum Gasteiger partial charge on any atom is -0.504 e. The molecule has 2 N–H and O–H groups in total. The van der Waals surface area contributed by atoms with Gasteiger partial charge in [0.15, 0.2) is 11.5 Å². The molecular weight excluding hydrogens is 426 g/mol. The first kappa shape index (κ1) is 21.9. The highest BCUT2D eigenvalue weighted by molar-refractivity contribution is 5.63. The quantitative estimate of drug-likeness (QED) is 0.687. The summed E-state index contributed by atoms with van der Waals surface area (Å²) < 4.78 is 13.5. The van der Waals surface area contributed by atoms with E-state index in [-0.39, 0.29) is 34.0 Å². The Morgan fingerprint density at radius 3 is 2.59 bits per heavy atom. The van der Waals surface area contributed by atoms with Crippen LogP contribution >= 0.6 is 0 Å². The van der Waals surface area contributed by atoms with Crippen molar-refractivity contribution >= 4 is 0 Å². The van der Waals surface area contributed by atoms with Gasteiger partial charge in [0, 0.05) is 42.0 Å². The second-order valence-electron chi connectivity index (χ2n) is 13.8. The lowest BCUT2D eigenvalue weighted by atomic mass is 9.33. The van der Waals surface area contributed by atoms with Gasteiger partial charge in [0.05, 0.1) is 5.60 Å². The molecule has 5 fully saturated rings. The molecule has 4 bridgehead atoms. The van der Waals surface area contributed by atoms with Crippen molar-refractivity contribution in [2.75, 3.05) is 20.2 Å². The van der Waals surface area contributed by atoms with Crippen molar-refractivity contribution in [2.24, 2.45) is 22.7 Å². The highest BCUT2D eigenvalue weighted by Crippen LogP contribution is 2.78. The fourth-order valence-electron chi connectivity index (χ4n) is 9.58. The molecule has 186 valence electrons. The van der Waals surface area contributed by atoms with Crippen LogP contribution in [0.4, 0.5) is 0 Å². The van der Waals surface area contributed by atoms with E-state index in [9.17, 15) is 10.2 Å².